The Labute approximate surface area is 122 Å². The van der Waals surface area contributed by atoms with E-state index in [-0.39, 0.29) is 16.9 Å². The van der Waals surface area contributed by atoms with Gasteiger partial charge in [-0.25, -0.2) is 9.18 Å². The molecule has 0 bridgehead atoms. The molecule has 2 rings (SSSR count). The number of aromatic carboxylic acids is 1. The molecule has 21 heavy (non-hydrogen) atoms. The highest BCUT2D eigenvalue weighted by Crippen LogP contribution is 2.25. The highest BCUT2D eigenvalue weighted by molar-refractivity contribution is 5.95. The fourth-order valence-corrected chi connectivity index (χ4v) is 2.12. The molecule has 0 spiro atoms. The van der Waals surface area contributed by atoms with Gasteiger partial charge in [0.25, 0.3) is 0 Å². The number of halogens is 1. The smallest absolute Gasteiger partial charge is 0.337 e. The van der Waals surface area contributed by atoms with Crippen LogP contribution in [-0.2, 0) is 6.42 Å². The van der Waals surface area contributed by atoms with Crippen LogP contribution in [0.1, 0.15) is 15.9 Å². The number of anilines is 2. The third kappa shape index (κ3) is 3.51. The quantitative estimate of drug-likeness (QED) is 0.830. The number of hydrogen-bond acceptors (Lipinski definition) is 3. The molecule has 4 nitrogen and oxygen atoms in total. The molecule has 0 aliphatic heterocycles. The number of nitrogens with zero attached hydrogens (tertiary/aromatic N) is 1. The maximum atomic E-state index is 14.0. The summed E-state index contributed by atoms with van der Waals surface area (Å²) >= 11 is 0. The maximum absolute atomic E-state index is 14.0. The van der Waals surface area contributed by atoms with Crippen molar-refractivity contribution in [2.24, 2.45) is 0 Å². The molecule has 0 fully saturated rings. The minimum absolute atomic E-state index is 0.0693. The number of carbonyl (C=O) groups is 1. The molecule has 0 aliphatic rings. The first-order valence-corrected chi connectivity index (χ1v) is 6.56. The van der Waals surface area contributed by atoms with Crippen LogP contribution in [0.5, 0.6) is 0 Å². The highest BCUT2D eigenvalue weighted by atomic mass is 19.1. The van der Waals surface area contributed by atoms with E-state index in [1.54, 1.807) is 11.9 Å². The predicted octanol–water partition coefficient (Wildman–Crippen LogP) is 2.79. The van der Waals surface area contributed by atoms with Gasteiger partial charge in [-0.05, 0) is 24.1 Å². The first-order chi connectivity index (χ1) is 9.99. The number of likely N-dealkylation sites (N-methyl/N-ethyl adjacent to an activating group) is 1. The van der Waals surface area contributed by atoms with Crippen molar-refractivity contribution >= 4 is 17.3 Å². The molecule has 0 atom stereocenters. The van der Waals surface area contributed by atoms with Crippen LogP contribution in [0.4, 0.5) is 15.8 Å². The van der Waals surface area contributed by atoms with E-state index in [1.807, 2.05) is 30.3 Å². The lowest BCUT2D eigenvalue weighted by Gasteiger charge is -2.21. The van der Waals surface area contributed by atoms with Gasteiger partial charge < -0.3 is 15.7 Å². The van der Waals surface area contributed by atoms with E-state index in [2.05, 4.69) is 0 Å². The SMILES string of the molecule is CN(CCc1ccccc1)c1cc(C(=O)O)c(N)cc1F. The molecule has 0 aromatic heterocycles. The number of nitrogens with two attached hydrogens (primary N) is 1. The zero-order valence-electron chi connectivity index (χ0n) is 11.7. The molecule has 110 valence electrons. The van der Waals surface area contributed by atoms with Gasteiger partial charge in [0.1, 0.15) is 5.82 Å². The third-order valence-electron chi connectivity index (χ3n) is 3.34. The van der Waals surface area contributed by atoms with E-state index in [9.17, 15) is 9.18 Å². The van der Waals surface area contributed by atoms with Crippen LogP contribution >= 0.6 is 0 Å². The predicted molar refractivity (Wildman–Crippen MR) is 81.2 cm³/mol. The molecular weight excluding hydrogens is 271 g/mol. The van der Waals surface area contributed by atoms with E-state index >= 15 is 0 Å². The zero-order chi connectivity index (χ0) is 15.4. The maximum Gasteiger partial charge on any atom is 0.337 e. The van der Waals surface area contributed by atoms with Crippen LogP contribution in [0.25, 0.3) is 0 Å². The number of carboxylic acid groups (broad SMARTS) is 1. The fraction of sp³-hybridized carbons (Fsp3) is 0.188. The van der Waals surface area contributed by atoms with Crippen molar-refractivity contribution in [1.29, 1.82) is 0 Å². The second-order valence-corrected chi connectivity index (χ2v) is 4.85. The fourth-order valence-electron chi connectivity index (χ4n) is 2.12. The Morgan fingerprint density at radius 2 is 1.95 bits per heavy atom. The first kappa shape index (κ1) is 14.8. The van der Waals surface area contributed by atoms with Crippen molar-refractivity contribution in [2.75, 3.05) is 24.2 Å². The van der Waals surface area contributed by atoms with Crippen molar-refractivity contribution in [1.82, 2.24) is 0 Å². The average Bonchev–Trinajstić information content (AvgIpc) is 2.45. The number of nitrogen functional groups attached to an aromatic ring is 1. The molecule has 0 radical (unpaired) electrons. The van der Waals surface area contributed by atoms with Gasteiger partial charge in [0.05, 0.1) is 11.3 Å². The van der Waals surface area contributed by atoms with Gasteiger partial charge in [-0.2, -0.15) is 0 Å². The monoisotopic (exact) mass is 288 g/mol. The van der Waals surface area contributed by atoms with Crippen LogP contribution in [0.15, 0.2) is 42.5 Å². The Morgan fingerprint density at radius 1 is 1.29 bits per heavy atom. The zero-order valence-corrected chi connectivity index (χ0v) is 11.7. The normalized spacial score (nSPS) is 10.4. The minimum atomic E-state index is -1.16. The van der Waals surface area contributed by atoms with E-state index in [0.29, 0.717) is 6.54 Å². The van der Waals surface area contributed by atoms with E-state index in [0.717, 1.165) is 18.1 Å². The Bertz CT molecular complexity index is 644. The van der Waals surface area contributed by atoms with Gasteiger partial charge in [-0.3, -0.25) is 0 Å². The summed E-state index contributed by atoms with van der Waals surface area (Å²) in [5.41, 5.74) is 6.73. The molecule has 0 unspecified atom stereocenters. The summed E-state index contributed by atoms with van der Waals surface area (Å²) in [6, 6.07) is 12.1. The second-order valence-electron chi connectivity index (χ2n) is 4.85. The lowest BCUT2D eigenvalue weighted by atomic mass is 10.1. The molecular formula is C16H17FN2O2. The number of benzene rings is 2. The summed E-state index contributed by atoms with van der Waals surface area (Å²) in [6.45, 7) is 0.573. The summed E-state index contributed by atoms with van der Waals surface area (Å²) in [6.07, 6.45) is 0.740. The van der Waals surface area contributed by atoms with Crippen LogP contribution in [0.3, 0.4) is 0 Å². The van der Waals surface area contributed by atoms with Gasteiger partial charge in [0.15, 0.2) is 0 Å². The van der Waals surface area contributed by atoms with E-state index in [4.69, 9.17) is 10.8 Å². The molecule has 2 aromatic carbocycles. The number of rotatable bonds is 5. The molecule has 2 aromatic rings. The van der Waals surface area contributed by atoms with Gasteiger partial charge in [0.2, 0.25) is 0 Å². The van der Waals surface area contributed by atoms with Crippen LogP contribution in [0.2, 0.25) is 0 Å². The summed E-state index contributed by atoms with van der Waals surface area (Å²) in [4.78, 5) is 12.8. The minimum Gasteiger partial charge on any atom is -0.478 e. The third-order valence-corrected chi connectivity index (χ3v) is 3.34. The van der Waals surface area contributed by atoms with Crippen molar-refractivity contribution in [2.45, 2.75) is 6.42 Å². The lowest BCUT2D eigenvalue weighted by molar-refractivity contribution is 0.0698. The molecule has 0 aliphatic carbocycles. The van der Waals surface area contributed by atoms with Crippen molar-refractivity contribution in [3.63, 3.8) is 0 Å². The van der Waals surface area contributed by atoms with Crippen LogP contribution in [0, 0.1) is 5.82 Å². The van der Waals surface area contributed by atoms with E-state index in [1.165, 1.54) is 6.07 Å². The second kappa shape index (κ2) is 6.26. The first-order valence-electron chi connectivity index (χ1n) is 6.56. The molecule has 0 saturated carbocycles. The topological polar surface area (TPSA) is 66.6 Å². The molecule has 5 heteroatoms. The Morgan fingerprint density at radius 3 is 2.57 bits per heavy atom. The van der Waals surface area contributed by atoms with Gasteiger partial charge in [0, 0.05) is 19.3 Å². The van der Waals surface area contributed by atoms with Gasteiger partial charge in [-0.15, -0.1) is 0 Å². The summed E-state index contributed by atoms with van der Waals surface area (Å²) in [5, 5.41) is 9.05. The number of hydrogen-bond donors (Lipinski definition) is 2. The Balaban J connectivity index is 2.17. The van der Waals surface area contributed by atoms with Crippen molar-refractivity contribution < 1.29 is 14.3 Å². The van der Waals surface area contributed by atoms with Gasteiger partial charge >= 0.3 is 5.97 Å². The molecule has 3 N–H and O–H groups in total. The van der Waals surface area contributed by atoms with Gasteiger partial charge in [-0.1, -0.05) is 30.3 Å². The Hall–Kier alpha value is -2.56. The summed E-state index contributed by atoms with van der Waals surface area (Å²) < 4.78 is 14.0. The van der Waals surface area contributed by atoms with E-state index < -0.39 is 11.8 Å². The largest absolute Gasteiger partial charge is 0.478 e. The summed E-state index contributed by atoms with van der Waals surface area (Å²) in [5.74, 6) is -1.68. The Kier molecular flexibility index (Phi) is 4.42. The van der Waals surface area contributed by atoms with Crippen LogP contribution in [-0.4, -0.2) is 24.7 Å². The van der Waals surface area contributed by atoms with Crippen molar-refractivity contribution in [3.8, 4) is 0 Å². The summed E-state index contributed by atoms with van der Waals surface area (Å²) in [7, 11) is 1.73. The standard InChI is InChI=1S/C16H17FN2O2/c1-19(8-7-11-5-3-2-4-6-11)15-9-12(16(20)21)14(18)10-13(15)17/h2-6,9-10H,7-8,18H2,1H3,(H,20,21). The molecule has 0 heterocycles. The average molecular weight is 288 g/mol. The molecule has 0 amide bonds. The lowest BCUT2D eigenvalue weighted by Crippen LogP contribution is -2.22. The van der Waals surface area contributed by atoms with Crippen LogP contribution < -0.4 is 10.6 Å². The van der Waals surface area contributed by atoms with Crippen molar-refractivity contribution in [3.05, 3.63) is 59.4 Å². The molecule has 0 saturated heterocycles. The highest BCUT2D eigenvalue weighted by Gasteiger charge is 2.15. The number of carboxylic acids is 1.